The van der Waals surface area contributed by atoms with Crippen LogP contribution < -0.4 is 0 Å². The summed E-state index contributed by atoms with van der Waals surface area (Å²) >= 11 is 0. The van der Waals surface area contributed by atoms with E-state index in [9.17, 15) is 0 Å². The molecule has 0 amide bonds. The normalized spacial score (nSPS) is 12.1. The zero-order chi connectivity index (χ0) is 38.6. The van der Waals surface area contributed by atoms with Gasteiger partial charge >= 0.3 is 0 Å². The Morgan fingerprint density at radius 1 is 0.203 bits per heavy atom. The van der Waals surface area contributed by atoms with Crippen molar-refractivity contribution in [3.63, 3.8) is 0 Å². The fraction of sp³-hybridized carbons (Fsp3) is 0. The van der Waals surface area contributed by atoms with Gasteiger partial charge in [-0.15, -0.1) is 0 Å². The molecule has 3 nitrogen and oxygen atoms in total. The SMILES string of the molecule is c1ccc(-n2c3ccc(-c4ccc5c(c4)c4ccccc4n5-c4ccc5ccccc5c4)cc3c3cc4c(cc32)c2ccccc2n4-c2ccc3ccccc3c2)cc1. The summed E-state index contributed by atoms with van der Waals surface area (Å²) in [6.07, 6.45) is 0. The van der Waals surface area contributed by atoms with Gasteiger partial charge in [-0.3, -0.25) is 0 Å². The van der Waals surface area contributed by atoms with Crippen molar-refractivity contribution in [2.45, 2.75) is 0 Å². The highest BCUT2D eigenvalue weighted by molar-refractivity contribution is 6.20. The maximum Gasteiger partial charge on any atom is 0.0548 e. The van der Waals surface area contributed by atoms with Crippen LogP contribution in [-0.4, -0.2) is 13.7 Å². The van der Waals surface area contributed by atoms with Gasteiger partial charge in [0.05, 0.1) is 33.1 Å². The molecule has 0 atom stereocenters. The summed E-state index contributed by atoms with van der Waals surface area (Å²) < 4.78 is 7.30. The second kappa shape index (κ2) is 12.3. The molecule has 13 rings (SSSR count). The number of fused-ring (bicyclic) bond motifs is 11. The molecule has 0 fully saturated rings. The first-order valence-electron chi connectivity index (χ1n) is 20.3. The van der Waals surface area contributed by atoms with Gasteiger partial charge in [-0.05, 0) is 118 Å². The number of hydrogen-bond donors (Lipinski definition) is 0. The third-order valence-electron chi connectivity index (χ3n) is 12.6. The molecule has 274 valence electrons. The van der Waals surface area contributed by atoms with E-state index in [-0.39, 0.29) is 0 Å². The summed E-state index contributed by atoms with van der Waals surface area (Å²) in [6.45, 7) is 0. The summed E-state index contributed by atoms with van der Waals surface area (Å²) in [5, 5.41) is 12.4. The van der Waals surface area contributed by atoms with Gasteiger partial charge in [-0.1, -0.05) is 127 Å². The van der Waals surface area contributed by atoms with Gasteiger partial charge in [0.25, 0.3) is 0 Å². The molecule has 0 aliphatic rings. The Kier molecular flexibility index (Phi) is 6.72. The van der Waals surface area contributed by atoms with Gasteiger partial charge in [0.2, 0.25) is 0 Å². The molecule has 0 unspecified atom stereocenters. The summed E-state index contributed by atoms with van der Waals surface area (Å²) in [5.74, 6) is 0. The minimum atomic E-state index is 1.15. The zero-order valence-electron chi connectivity index (χ0n) is 32.0. The van der Waals surface area contributed by atoms with Crippen LogP contribution in [0, 0.1) is 0 Å². The Labute approximate surface area is 339 Å². The Hall–Kier alpha value is -7.88. The molecule has 3 aromatic heterocycles. The van der Waals surface area contributed by atoms with Crippen LogP contribution in [0.25, 0.3) is 115 Å². The van der Waals surface area contributed by atoms with Gasteiger partial charge < -0.3 is 13.7 Å². The van der Waals surface area contributed by atoms with Gasteiger partial charge in [-0.2, -0.15) is 0 Å². The molecule has 10 aromatic carbocycles. The Morgan fingerprint density at radius 3 is 1.15 bits per heavy atom. The van der Waals surface area contributed by atoms with Crippen molar-refractivity contribution in [2.24, 2.45) is 0 Å². The van der Waals surface area contributed by atoms with Crippen LogP contribution >= 0.6 is 0 Å². The maximum absolute atomic E-state index is 2.45. The number of para-hydroxylation sites is 3. The molecule has 0 saturated carbocycles. The van der Waals surface area contributed by atoms with E-state index in [0.717, 1.165) is 11.4 Å². The van der Waals surface area contributed by atoms with Gasteiger partial charge in [0.1, 0.15) is 0 Å². The number of benzene rings is 10. The molecule has 0 N–H and O–H groups in total. The van der Waals surface area contributed by atoms with Crippen molar-refractivity contribution < 1.29 is 0 Å². The third kappa shape index (κ3) is 4.76. The predicted octanol–water partition coefficient (Wildman–Crippen LogP) is 15.0. The van der Waals surface area contributed by atoms with Gasteiger partial charge in [-0.25, -0.2) is 0 Å². The van der Waals surface area contributed by atoms with Crippen molar-refractivity contribution in [1.29, 1.82) is 0 Å². The third-order valence-corrected chi connectivity index (χ3v) is 12.6. The van der Waals surface area contributed by atoms with Crippen LogP contribution in [0.15, 0.2) is 212 Å². The van der Waals surface area contributed by atoms with Crippen molar-refractivity contribution in [3.05, 3.63) is 212 Å². The fourth-order valence-corrected chi connectivity index (χ4v) is 9.86. The highest BCUT2D eigenvalue weighted by Crippen LogP contribution is 2.42. The van der Waals surface area contributed by atoms with Gasteiger partial charge in [0, 0.05) is 49.4 Å². The van der Waals surface area contributed by atoms with E-state index >= 15 is 0 Å². The zero-order valence-corrected chi connectivity index (χ0v) is 32.0. The summed E-state index contributed by atoms with van der Waals surface area (Å²) in [7, 11) is 0. The second-order valence-corrected chi connectivity index (χ2v) is 15.8. The molecule has 0 bridgehead atoms. The van der Waals surface area contributed by atoms with Crippen molar-refractivity contribution in [1.82, 2.24) is 13.7 Å². The molecule has 59 heavy (non-hydrogen) atoms. The van der Waals surface area contributed by atoms with Crippen molar-refractivity contribution in [2.75, 3.05) is 0 Å². The van der Waals surface area contributed by atoms with E-state index in [1.165, 1.54) is 104 Å². The molecule has 0 radical (unpaired) electrons. The molecule has 0 spiro atoms. The average molecular weight is 750 g/mol. The minimum Gasteiger partial charge on any atom is -0.309 e. The molecule has 3 heteroatoms. The molecule has 0 aliphatic heterocycles. The van der Waals surface area contributed by atoms with E-state index in [1.807, 2.05) is 0 Å². The lowest BCUT2D eigenvalue weighted by molar-refractivity contribution is 1.18. The Morgan fingerprint density at radius 2 is 0.593 bits per heavy atom. The number of hydrogen-bond acceptors (Lipinski definition) is 0. The quantitative estimate of drug-likeness (QED) is 0.170. The van der Waals surface area contributed by atoms with Crippen LogP contribution in [-0.2, 0) is 0 Å². The predicted molar refractivity (Wildman–Crippen MR) is 250 cm³/mol. The van der Waals surface area contributed by atoms with E-state index in [4.69, 9.17) is 0 Å². The smallest absolute Gasteiger partial charge is 0.0548 e. The largest absolute Gasteiger partial charge is 0.309 e. The van der Waals surface area contributed by atoms with E-state index in [0.29, 0.717) is 0 Å². The molecule has 0 aliphatic carbocycles. The molecule has 3 heterocycles. The van der Waals surface area contributed by atoms with Crippen LogP contribution in [0.5, 0.6) is 0 Å². The minimum absolute atomic E-state index is 1.15. The van der Waals surface area contributed by atoms with Crippen LogP contribution in [0.3, 0.4) is 0 Å². The van der Waals surface area contributed by atoms with E-state index in [1.54, 1.807) is 0 Å². The number of rotatable bonds is 4. The average Bonchev–Trinajstić information content (AvgIpc) is 3.93. The highest BCUT2D eigenvalue weighted by Gasteiger charge is 2.20. The summed E-state index contributed by atoms with van der Waals surface area (Å²) in [5.41, 5.74) is 13.1. The highest BCUT2D eigenvalue weighted by atomic mass is 15.0. The Bertz CT molecular complexity index is 3840. The fourth-order valence-electron chi connectivity index (χ4n) is 9.86. The lowest BCUT2D eigenvalue weighted by Gasteiger charge is -2.10. The topological polar surface area (TPSA) is 14.8 Å². The lowest BCUT2D eigenvalue weighted by atomic mass is 10.00. The standard InChI is InChI=1S/C56H35N3/c1-2-16-42(17-3-1)57-54-29-25-41(40-24-28-53-47(32-40)45-18-8-10-20-51(45)58(53)43-26-22-36-12-4-6-14-38(36)30-43)33-48(54)50-35-55-49(34-56(50)57)46-19-9-11-21-52(46)59(55)44-27-23-37-13-5-7-15-39(37)31-44/h1-35H. The summed E-state index contributed by atoms with van der Waals surface area (Å²) in [6, 6.07) is 78.2. The van der Waals surface area contributed by atoms with Crippen LogP contribution in [0.4, 0.5) is 0 Å². The molecular weight excluding hydrogens is 715 g/mol. The van der Waals surface area contributed by atoms with E-state index < -0.39 is 0 Å². The van der Waals surface area contributed by atoms with Gasteiger partial charge in [0.15, 0.2) is 0 Å². The van der Waals surface area contributed by atoms with Crippen LogP contribution in [0.2, 0.25) is 0 Å². The van der Waals surface area contributed by atoms with Crippen molar-refractivity contribution >= 4 is 87.0 Å². The van der Waals surface area contributed by atoms with Crippen LogP contribution in [0.1, 0.15) is 0 Å². The number of aromatic nitrogens is 3. The van der Waals surface area contributed by atoms with E-state index in [2.05, 4.69) is 226 Å². The molecular formula is C56H35N3. The summed E-state index contributed by atoms with van der Waals surface area (Å²) in [4.78, 5) is 0. The molecule has 13 aromatic rings. The first-order chi connectivity index (χ1) is 29.2. The Balaban J connectivity index is 1.06. The monoisotopic (exact) mass is 749 g/mol. The number of nitrogens with zero attached hydrogens (tertiary/aromatic N) is 3. The first kappa shape index (κ1) is 32.2. The second-order valence-electron chi connectivity index (χ2n) is 15.8. The van der Waals surface area contributed by atoms with Crippen molar-refractivity contribution in [3.8, 4) is 28.2 Å². The lowest BCUT2D eigenvalue weighted by Crippen LogP contribution is -1.94. The maximum atomic E-state index is 2.45. The first-order valence-corrected chi connectivity index (χ1v) is 20.3. The molecule has 0 saturated heterocycles.